The van der Waals surface area contributed by atoms with E-state index < -0.39 is 0 Å². The van der Waals surface area contributed by atoms with Gasteiger partial charge < -0.3 is 10.3 Å². The smallest absolute Gasteiger partial charge is 0.138 e. The molecular weight excluding hydrogens is 314 g/mol. The number of hydrogen-bond donors (Lipinski definition) is 2. The van der Waals surface area contributed by atoms with Crippen molar-refractivity contribution in [2.24, 2.45) is 5.92 Å². The van der Waals surface area contributed by atoms with Crippen LogP contribution in [0.5, 0.6) is 0 Å². The Balaban J connectivity index is 1.78. The molecule has 0 radical (unpaired) electrons. The summed E-state index contributed by atoms with van der Waals surface area (Å²) in [5.74, 6) is 0.605. The fourth-order valence-corrected chi connectivity index (χ4v) is 5.09. The lowest BCUT2D eigenvalue weighted by molar-refractivity contribution is 0.727. The Morgan fingerprint density at radius 1 is 1.08 bits per heavy atom. The second-order valence-electron chi connectivity index (χ2n) is 6.70. The van der Waals surface area contributed by atoms with Crippen LogP contribution < -0.4 is 5.32 Å². The van der Waals surface area contributed by atoms with E-state index in [0.29, 0.717) is 11.2 Å². The third-order valence-corrected chi connectivity index (χ3v) is 6.65. The Hall–Kier alpha value is -2.20. The molecule has 0 aliphatic carbocycles. The van der Waals surface area contributed by atoms with Crippen LogP contribution in [0.25, 0.3) is 22.2 Å². The van der Waals surface area contributed by atoms with Gasteiger partial charge in [0, 0.05) is 44.7 Å². The SMILES string of the molecule is CC1C=C(C2Nc3ccccc3-c3ccnc4[nH]cc2c34)SC1C. The fourth-order valence-electron chi connectivity index (χ4n) is 3.76. The number of anilines is 1. The van der Waals surface area contributed by atoms with Crippen LogP contribution in [0.2, 0.25) is 0 Å². The molecule has 3 atom stereocenters. The number of thioether (sulfide) groups is 1. The first kappa shape index (κ1) is 14.2. The van der Waals surface area contributed by atoms with Crippen LogP contribution in [0.15, 0.2) is 53.7 Å². The molecule has 2 N–H and O–H groups in total. The molecule has 3 nitrogen and oxygen atoms in total. The standard InChI is InChI=1S/C20H19N3S/c1-11-9-17(24-12(11)2)19-15-10-22-20-18(15)14(7-8-21-20)13-5-3-4-6-16(13)23-19/h3-12,19,23H,1-2H3,(H,21,22). The zero-order chi connectivity index (χ0) is 16.3. The highest BCUT2D eigenvalue weighted by atomic mass is 32.2. The molecule has 3 aromatic rings. The highest BCUT2D eigenvalue weighted by molar-refractivity contribution is 8.04. The van der Waals surface area contributed by atoms with Crippen LogP contribution in [0.3, 0.4) is 0 Å². The summed E-state index contributed by atoms with van der Waals surface area (Å²) in [6.07, 6.45) is 6.44. The number of benzene rings is 1. The largest absolute Gasteiger partial charge is 0.373 e. The molecule has 0 saturated carbocycles. The molecule has 2 aliphatic heterocycles. The quantitative estimate of drug-likeness (QED) is 0.630. The van der Waals surface area contributed by atoms with Gasteiger partial charge in [-0.3, -0.25) is 0 Å². The number of aromatic nitrogens is 2. The third-order valence-electron chi connectivity index (χ3n) is 5.21. The van der Waals surface area contributed by atoms with E-state index in [1.807, 2.05) is 18.0 Å². The number of aromatic amines is 1. The highest BCUT2D eigenvalue weighted by Crippen LogP contribution is 2.49. The number of fused-ring (bicyclic) bond motifs is 2. The third kappa shape index (κ3) is 1.96. The van der Waals surface area contributed by atoms with Gasteiger partial charge in [0.2, 0.25) is 0 Å². The van der Waals surface area contributed by atoms with E-state index >= 15 is 0 Å². The maximum atomic E-state index is 4.54. The number of rotatable bonds is 1. The summed E-state index contributed by atoms with van der Waals surface area (Å²) in [7, 11) is 0. The molecule has 1 aromatic carbocycles. The molecule has 5 rings (SSSR count). The number of hydrogen-bond acceptors (Lipinski definition) is 3. The molecule has 0 saturated heterocycles. The summed E-state index contributed by atoms with van der Waals surface area (Å²) >= 11 is 1.99. The Kier molecular flexibility index (Phi) is 3.04. The molecule has 4 heteroatoms. The summed E-state index contributed by atoms with van der Waals surface area (Å²) in [5.41, 5.74) is 5.96. The molecule has 2 aliphatic rings. The summed E-state index contributed by atoms with van der Waals surface area (Å²) in [4.78, 5) is 9.33. The van der Waals surface area contributed by atoms with Crippen molar-refractivity contribution in [2.75, 3.05) is 5.32 Å². The predicted molar refractivity (Wildman–Crippen MR) is 102 cm³/mol. The Morgan fingerprint density at radius 2 is 1.96 bits per heavy atom. The molecule has 0 amide bonds. The van der Waals surface area contributed by atoms with Crippen molar-refractivity contribution in [2.45, 2.75) is 25.1 Å². The molecule has 4 heterocycles. The normalized spacial score (nSPS) is 25.1. The topological polar surface area (TPSA) is 40.7 Å². The van der Waals surface area contributed by atoms with E-state index in [9.17, 15) is 0 Å². The summed E-state index contributed by atoms with van der Waals surface area (Å²) in [6, 6.07) is 10.9. The number of para-hydroxylation sites is 1. The van der Waals surface area contributed by atoms with Crippen molar-refractivity contribution >= 4 is 28.5 Å². The first-order valence-corrected chi connectivity index (χ1v) is 9.30. The molecule has 24 heavy (non-hydrogen) atoms. The van der Waals surface area contributed by atoms with Crippen molar-refractivity contribution in [3.8, 4) is 11.1 Å². The van der Waals surface area contributed by atoms with Crippen LogP contribution in [0.1, 0.15) is 25.5 Å². The van der Waals surface area contributed by atoms with E-state index in [1.54, 1.807) is 0 Å². The van der Waals surface area contributed by atoms with E-state index in [0.717, 1.165) is 5.65 Å². The first-order chi connectivity index (χ1) is 11.7. The second kappa shape index (κ2) is 5.15. The van der Waals surface area contributed by atoms with Gasteiger partial charge in [-0.2, -0.15) is 0 Å². The summed E-state index contributed by atoms with van der Waals surface area (Å²) in [5, 5.41) is 5.67. The van der Waals surface area contributed by atoms with Gasteiger partial charge in [-0.1, -0.05) is 38.1 Å². The summed E-state index contributed by atoms with van der Waals surface area (Å²) < 4.78 is 0. The average Bonchev–Trinajstić information content (AvgIpc) is 3.12. The van der Waals surface area contributed by atoms with Crippen molar-refractivity contribution in [1.29, 1.82) is 0 Å². The highest BCUT2D eigenvalue weighted by Gasteiger charge is 2.31. The maximum absolute atomic E-state index is 4.54. The molecule has 0 fully saturated rings. The monoisotopic (exact) mass is 333 g/mol. The lowest BCUT2D eigenvalue weighted by Gasteiger charge is -2.20. The van der Waals surface area contributed by atoms with Crippen molar-refractivity contribution in [3.05, 3.63) is 59.3 Å². The Bertz CT molecular complexity index is 972. The van der Waals surface area contributed by atoms with E-state index in [1.165, 1.54) is 32.7 Å². The van der Waals surface area contributed by atoms with Crippen LogP contribution in [0, 0.1) is 5.92 Å². The van der Waals surface area contributed by atoms with E-state index in [4.69, 9.17) is 0 Å². The van der Waals surface area contributed by atoms with Gasteiger partial charge in [-0.05, 0) is 23.6 Å². The number of nitrogens with one attached hydrogen (secondary N) is 2. The Morgan fingerprint density at radius 3 is 2.79 bits per heavy atom. The zero-order valence-electron chi connectivity index (χ0n) is 13.7. The van der Waals surface area contributed by atoms with Crippen LogP contribution >= 0.6 is 11.8 Å². The molecule has 3 unspecified atom stereocenters. The average molecular weight is 333 g/mol. The van der Waals surface area contributed by atoms with Crippen molar-refractivity contribution in [3.63, 3.8) is 0 Å². The van der Waals surface area contributed by atoms with Crippen LogP contribution in [0.4, 0.5) is 5.69 Å². The molecule has 2 aromatic heterocycles. The van der Waals surface area contributed by atoms with E-state index in [2.05, 4.69) is 71.7 Å². The minimum absolute atomic E-state index is 0.183. The lowest BCUT2D eigenvalue weighted by Crippen LogP contribution is -2.10. The number of H-pyrrole nitrogens is 1. The van der Waals surface area contributed by atoms with Crippen LogP contribution in [-0.2, 0) is 0 Å². The predicted octanol–water partition coefficient (Wildman–Crippen LogP) is 5.35. The van der Waals surface area contributed by atoms with Crippen LogP contribution in [-0.4, -0.2) is 15.2 Å². The molecular formula is C20H19N3S. The van der Waals surface area contributed by atoms with Gasteiger partial charge in [-0.15, -0.1) is 11.8 Å². The van der Waals surface area contributed by atoms with E-state index in [-0.39, 0.29) is 6.04 Å². The van der Waals surface area contributed by atoms with Crippen molar-refractivity contribution < 1.29 is 0 Å². The minimum atomic E-state index is 0.183. The first-order valence-electron chi connectivity index (χ1n) is 8.42. The maximum Gasteiger partial charge on any atom is 0.138 e. The number of pyridine rings is 1. The van der Waals surface area contributed by atoms with Gasteiger partial charge >= 0.3 is 0 Å². The van der Waals surface area contributed by atoms with Gasteiger partial charge in [-0.25, -0.2) is 4.98 Å². The van der Waals surface area contributed by atoms with Gasteiger partial charge in [0.15, 0.2) is 0 Å². The summed E-state index contributed by atoms with van der Waals surface area (Å²) in [6.45, 7) is 4.61. The minimum Gasteiger partial charge on any atom is -0.373 e. The molecule has 120 valence electrons. The number of nitrogens with zero attached hydrogens (tertiary/aromatic N) is 1. The van der Waals surface area contributed by atoms with Gasteiger partial charge in [0.1, 0.15) is 5.65 Å². The molecule has 0 spiro atoms. The lowest BCUT2D eigenvalue weighted by atomic mass is 9.99. The fraction of sp³-hybridized carbons (Fsp3) is 0.250. The second-order valence-corrected chi connectivity index (χ2v) is 8.15. The van der Waals surface area contributed by atoms with Crippen molar-refractivity contribution in [1.82, 2.24) is 9.97 Å². The van der Waals surface area contributed by atoms with Gasteiger partial charge in [0.25, 0.3) is 0 Å². The molecule has 0 bridgehead atoms. The Labute approximate surface area is 145 Å². The van der Waals surface area contributed by atoms with Gasteiger partial charge in [0.05, 0.1) is 6.04 Å². The number of allylic oxidation sites excluding steroid dienone is 1. The zero-order valence-corrected chi connectivity index (χ0v) is 14.5.